The van der Waals surface area contributed by atoms with Crippen LogP contribution < -0.4 is 5.32 Å². The Morgan fingerprint density at radius 2 is 1.89 bits per heavy atom. The molecular formula is C15H29N3O. The molecule has 4 nitrogen and oxygen atoms in total. The summed E-state index contributed by atoms with van der Waals surface area (Å²) in [6.45, 7) is 4.36. The van der Waals surface area contributed by atoms with Crippen molar-refractivity contribution in [3.8, 4) is 0 Å². The van der Waals surface area contributed by atoms with Gasteiger partial charge in [-0.05, 0) is 51.6 Å². The molecule has 19 heavy (non-hydrogen) atoms. The first-order valence-electron chi connectivity index (χ1n) is 7.83. The topological polar surface area (TPSA) is 35.6 Å². The fourth-order valence-electron chi connectivity index (χ4n) is 3.69. The fraction of sp³-hybridized carbons (Fsp3) is 0.933. The van der Waals surface area contributed by atoms with Crippen LogP contribution in [0.5, 0.6) is 0 Å². The number of carbonyl (C=O) groups is 1. The second-order valence-electron chi connectivity index (χ2n) is 6.19. The summed E-state index contributed by atoms with van der Waals surface area (Å²) in [5.74, 6) is 0.298. The molecule has 1 aliphatic heterocycles. The van der Waals surface area contributed by atoms with Crippen LogP contribution in [0.2, 0.25) is 0 Å². The molecule has 0 bridgehead atoms. The van der Waals surface area contributed by atoms with Gasteiger partial charge in [-0.3, -0.25) is 9.69 Å². The van der Waals surface area contributed by atoms with Crippen molar-refractivity contribution in [2.24, 2.45) is 0 Å². The molecule has 0 spiro atoms. The van der Waals surface area contributed by atoms with E-state index in [4.69, 9.17) is 0 Å². The number of likely N-dealkylation sites (N-methyl/N-ethyl adjacent to an activating group) is 1. The molecule has 1 atom stereocenters. The van der Waals surface area contributed by atoms with Crippen LogP contribution in [0, 0.1) is 0 Å². The highest BCUT2D eigenvalue weighted by molar-refractivity contribution is 5.81. The molecule has 2 aliphatic rings. The van der Waals surface area contributed by atoms with Crippen LogP contribution in [0.15, 0.2) is 0 Å². The molecule has 1 aliphatic carbocycles. The van der Waals surface area contributed by atoms with Crippen molar-refractivity contribution in [3.63, 3.8) is 0 Å². The van der Waals surface area contributed by atoms with Gasteiger partial charge in [0.25, 0.3) is 0 Å². The van der Waals surface area contributed by atoms with Crippen LogP contribution in [0.25, 0.3) is 0 Å². The quantitative estimate of drug-likeness (QED) is 0.837. The molecule has 1 saturated carbocycles. The zero-order valence-corrected chi connectivity index (χ0v) is 12.7. The number of amides is 1. The Kier molecular flexibility index (Phi) is 5.22. The molecule has 0 aromatic carbocycles. The number of hydrogen-bond donors (Lipinski definition) is 1. The lowest BCUT2D eigenvalue weighted by molar-refractivity contribution is -0.134. The minimum atomic E-state index is 0.149. The van der Waals surface area contributed by atoms with E-state index in [-0.39, 0.29) is 6.04 Å². The lowest BCUT2D eigenvalue weighted by Crippen LogP contribution is -2.49. The van der Waals surface area contributed by atoms with Crippen LogP contribution in [-0.2, 0) is 4.79 Å². The SMILES string of the molecule is CCNC1CCC(N2CCCC2C(=O)N(C)C)CC1. The van der Waals surface area contributed by atoms with Gasteiger partial charge < -0.3 is 10.2 Å². The Morgan fingerprint density at radius 3 is 2.47 bits per heavy atom. The van der Waals surface area contributed by atoms with Gasteiger partial charge in [0.1, 0.15) is 0 Å². The lowest BCUT2D eigenvalue weighted by Gasteiger charge is -2.38. The first-order chi connectivity index (χ1) is 9.13. The molecule has 0 aromatic rings. The molecule has 1 heterocycles. The van der Waals surface area contributed by atoms with Crippen molar-refractivity contribution in [2.45, 2.75) is 63.6 Å². The minimum absolute atomic E-state index is 0.149. The van der Waals surface area contributed by atoms with Gasteiger partial charge in [0.15, 0.2) is 0 Å². The maximum atomic E-state index is 12.2. The van der Waals surface area contributed by atoms with Crippen molar-refractivity contribution >= 4 is 5.91 Å². The molecule has 0 aromatic heterocycles. The zero-order chi connectivity index (χ0) is 13.8. The number of hydrogen-bond acceptors (Lipinski definition) is 3. The molecule has 110 valence electrons. The summed E-state index contributed by atoms with van der Waals surface area (Å²) < 4.78 is 0. The second kappa shape index (κ2) is 6.71. The predicted molar refractivity (Wildman–Crippen MR) is 78.1 cm³/mol. The highest BCUT2D eigenvalue weighted by Crippen LogP contribution is 2.30. The summed E-state index contributed by atoms with van der Waals surface area (Å²) in [4.78, 5) is 16.5. The van der Waals surface area contributed by atoms with Crippen LogP contribution >= 0.6 is 0 Å². The third-order valence-electron chi connectivity index (χ3n) is 4.68. The Bertz CT molecular complexity index is 298. The molecule has 0 radical (unpaired) electrons. The maximum absolute atomic E-state index is 12.2. The summed E-state index contributed by atoms with van der Waals surface area (Å²) >= 11 is 0. The monoisotopic (exact) mass is 267 g/mol. The van der Waals surface area contributed by atoms with E-state index in [1.54, 1.807) is 4.90 Å². The van der Waals surface area contributed by atoms with E-state index in [0.717, 1.165) is 19.5 Å². The van der Waals surface area contributed by atoms with Gasteiger partial charge >= 0.3 is 0 Å². The highest BCUT2D eigenvalue weighted by Gasteiger charge is 2.37. The number of likely N-dealkylation sites (tertiary alicyclic amines) is 1. The molecule has 1 N–H and O–H groups in total. The zero-order valence-electron chi connectivity index (χ0n) is 12.7. The van der Waals surface area contributed by atoms with Crippen molar-refractivity contribution in [3.05, 3.63) is 0 Å². The Hall–Kier alpha value is -0.610. The Labute approximate surface area is 117 Å². The van der Waals surface area contributed by atoms with Gasteiger partial charge in [-0.25, -0.2) is 0 Å². The summed E-state index contributed by atoms with van der Waals surface area (Å²) in [7, 11) is 3.75. The van der Waals surface area contributed by atoms with Crippen LogP contribution in [0.1, 0.15) is 45.4 Å². The molecular weight excluding hydrogens is 238 g/mol. The van der Waals surface area contributed by atoms with Crippen LogP contribution in [-0.4, -0.2) is 61.0 Å². The maximum Gasteiger partial charge on any atom is 0.239 e. The average Bonchev–Trinajstić information content (AvgIpc) is 2.88. The third-order valence-corrected chi connectivity index (χ3v) is 4.68. The van der Waals surface area contributed by atoms with E-state index in [0.29, 0.717) is 18.0 Å². The molecule has 2 fully saturated rings. The van der Waals surface area contributed by atoms with Crippen LogP contribution in [0.3, 0.4) is 0 Å². The molecule has 1 amide bonds. The summed E-state index contributed by atoms with van der Waals surface area (Å²) in [6.07, 6.45) is 7.24. The minimum Gasteiger partial charge on any atom is -0.347 e. The Morgan fingerprint density at radius 1 is 1.21 bits per heavy atom. The third kappa shape index (κ3) is 3.48. The van der Waals surface area contributed by atoms with E-state index in [2.05, 4.69) is 17.1 Å². The second-order valence-corrected chi connectivity index (χ2v) is 6.19. The molecule has 1 unspecified atom stereocenters. The van der Waals surface area contributed by atoms with E-state index in [9.17, 15) is 4.79 Å². The van der Waals surface area contributed by atoms with Crippen LogP contribution in [0.4, 0.5) is 0 Å². The predicted octanol–water partition coefficient (Wildman–Crippen LogP) is 1.46. The van der Waals surface area contributed by atoms with Crippen molar-refractivity contribution in [1.29, 1.82) is 0 Å². The van der Waals surface area contributed by atoms with E-state index in [1.165, 1.54) is 32.1 Å². The van der Waals surface area contributed by atoms with Crippen molar-refractivity contribution in [1.82, 2.24) is 15.1 Å². The standard InChI is InChI=1S/C15H29N3O/c1-4-16-12-7-9-13(10-8-12)18-11-5-6-14(18)15(19)17(2)3/h12-14,16H,4-11H2,1-3H3. The first-order valence-corrected chi connectivity index (χ1v) is 7.83. The van der Waals surface area contributed by atoms with Gasteiger partial charge in [0, 0.05) is 26.2 Å². The van der Waals surface area contributed by atoms with Gasteiger partial charge in [0.2, 0.25) is 5.91 Å². The normalized spacial score (nSPS) is 32.5. The summed E-state index contributed by atoms with van der Waals surface area (Å²) in [6, 6.07) is 1.48. The smallest absolute Gasteiger partial charge is 0.239 e. The lowest BCUT2D eigenvalue weighted by atomic mass is 9.89. The first kappa shape index (κ1) is 14.8. The van der Waals surface area contributed by atoms with Gasteiger partial charge in [-0.15, -0.1) is 0 Å². The largest absolute Gasteiger partial charge is 0.347 e. The van der Waals surface area contributed by atoms with Crippen molar-refractivity contribution in [2.75, 3.05) is 27.2 Å². The molecule has 2 rings (SSSR count). The van der Waals surface area contributed by atoms with Gasteiger partial charge in [-0.1, -0.05) is 6.92 Å². The summed E-state index contributed by atoms with van der Waals surface area (Å²) in [5, 5.41) is 3.55. The Balaban J connectivity index is 1.89. The van der Waals surface area contributed by atoms with Crippen molar-refractivity contribution < 1.29 is 4.79 Å². The fourth-order valence-corrected chi connectivity index (χ4v) is 3.69. The number of nitrogens with zero attached hydrogens (tertiary/aromatic N) is 2. The number of rotatable bonds is 4. The van der Waals surface area contributed by atoms with E-state index >= 15 is 0 Å². The number of carbonyl (C=O) groups excluding carboxylic acids is 1. The average molecular weight is 267 g/mol. The van der Waals surface area contributed by atoms with E-state index in [1.807, 2.05) is 14.1 Å². The number of nitrogens with one attached hydrogen (secondary N) is 1. The highest BCUT2D eigenvalue weighted by atomic mass is 16.2. The van der Waals surface area contributed by atoms with Gasteiger partial charge in [0.05, 0.1) is 6.04 Å². The van der Waals surface area contributed by atoms with Gasteiger partial charge in [-0.2, -0.15) is 0 Å². The molecule has 4 heteroatoms. The van der Waals surface area contributed by atoms with E-state index < -0.39 is 0 Å². The molecule has 1 saturated heterocycles. The summed E-state index contributed by atoms with van der Waals surface area (Å²) in [5.41, 5.74) is 0.